The first-order valence-corrected chi connectivity index (χ1v) is 9.89. The monoisotopic (exact) mass is 400 g/mol. The van der Waals surface area contributed by atoms with E-state index in [-0.39, 0.29) is 17.0 Å². The molecule has 0 saturated heterocycles. The van der Waals surface area contributed by atoms with Gasteiger partial charge in [-0.1, -0.05) is 12.1 Å². The van der Waals surface area contributed by atoms with E-state index in [1.807, 2.05) is 0 Å². The van der Waals surface area contributed by atoms with Gasteiger partial charge in [0.15, 0.2) is 9.84 Å². The SMILES string of the molecule is CN(C)c1ccc(NC(=O)c2ccc(CS(C)(=O)=O)cc2)c(C(F)(F)F)c1. The minimum Gasteiger partial charge on any atom is -0.378 e. The van der Waals surface area contributed by atoms with E-state index < -0.39 is 27.5 Å². The molecule has 0 aromatic heterocycles. The molecule has 0 saturated carbocycles. The van der Waals surface area contributed by atoms with Crippen molar-refractivity contribution in [3.63, 3.8) is 0 Å². The van der Waals surface area contributed by atoms with Gasteiger partial charge >= 0.3 is 6.18 Å². The summed E-state index contributed by atoms with van der Waals surface area (Å²) in [6, 6.07) is 9.29. The molecule has 2 aromatic carbocycles. The molecule has 0 spiro atoms. The van der Waals surface area contributed by atoms with Crippen LogP contribution in [0.4, 0.5) is 24.5 Å². The Bertz CT molecular complexity index is 937. The van der Waals surface area contributed by atoms with E-state index in [4.69, 9.17) is 0 Å². The number of hydrogen-bond donors (Lipinski definition) is 1. The molecular weight excluding hydrogens is 381 g/mol. The summed E-state index contributed by atoms with van der Waals surface area (Å²) in [5.74, 6) is -0.900. The molecule has 0 aliphatic rings. The fraction of sp³-hybridized carbons (Fsp3) is 0.278. The Morgan fingerprint density at radius 3 is 2.15 bits per heavy atom. The van der Waals surface area contributed by atoms with Crippen LogP contribution in [0.5, 0.6) is 0 Å². The lowest BCUT2D eigenvalue weighted by Gasteiger charge is -2.18. The van der Waals surface area contributed by atoms with Crippen LogP contribution in [-0.2, 0) is 21.8 Å². The highest BCUT2D eigenvalue weighted by molar-refractivity contribution is 7.89. The molecule has 27 heavy (non-hydrogen) atoms. The Morgan fingerprint density at radius 1 is 1.07 bits per heavy atom. The van der Waals surface area contributed by atoms with Gasteiger partial charge in [-0.15, -0.1) is 0 Å². The number of amides is 1. The Balaban J connectivity index is 2.27. The molecular formula is C18H19F3N2O3S. The van der Waals surface area contributed by atoms with E-state index in [0.717, 1.165) is 12.3 Å². The van der Waals surface area contributed by atoms with Crippen LogP contribution in [-0.4, -0.2) is 34.7 Å². The second-order valence-corrected chi connectivity index (χ2v) is 8.48. The minimum atomic E-state index is -4.63. The molecule has 0 radical (unpaired) electrons. The van der Waals surface area contributed by atoms with Crippen molar-refractivity contribution in [2.75, 3.05) is 30.6 Å². The highest BCUT2D eigenvalue weighted by Gasteiger charge is 2.34. The first-order chi connectivity index (χ1) is 12.4. The lowest BCUT2D eigenvalue weighted by molar-refractivity contribution is -0.136. The lowest BCUT2D eigenvalue weighted by Crippen LogP contribution is -2.18. The van der Waals surface area contributed by atoms with Gasteiger partial charge in [-0.3, -0.25) is 4.79 Å². The molecule has 9 heteroatoms. The number of anilines is 2. The maximum atomic E-state index is 13.3. The van der Waals surface area contributed by atoms with Gasteiger partial charge in [0.25, 0.3) is 5.91 Å². The topological polar surface area (TPSA) is 66.5 Å². The largest absolute Gasteiger partial charge is 0.418 e. The number of halogens is 3. The van der Waals surface area contributed by atoms with E-state index in [2.05, 4.69) is 5.32 Å². The average Bonchev–Trinajstić information content (AvgIpc) is 2.53. The fourth-order valence-corrected chi connectivity index (χ4v) is 3.20. The smallest absolute Gasteiger partial charge is 0.378 e. The second kappa shape index (κ2) is 7.59. The van der Waals surface area contributed by atoms with Crippen LogP contribution in [0.15, 0.2) is 42.5 Å². The molecule has 0 aliphatic carbocycles. The van der Waals surface area contributed by atoms with E-state index in [9.17, 15) is 26.4 Å². The van der Waals surface area contributed by atoms with Crippen molar-refractivity contribution in [1.82, 2.24) is 0 Å². The molecule has 0 fully saturated rings. The van der Waals surface area contributed by atoms with Crippen molar-refractivity contribution in [3.05, 3.63) is 59.2 Å². The first-order valence-electron chi connectivity index (χ1n) is 7.83. The number of hydrogen-bond acceptors (Lipinski definition) is 4. The Labute approximate surface area is 155 Å². The van der Waals surface area contributed by atoms with Gasteiger partial charge in [-0.2, -0.15) is 13.2 Å². The second-order valence-electron chi connectivity index (χ2n) is 6.34. The van der Waals surface area contributed by atoms with E-state index >= 15 is 0 Å². The van der Waals surface area contributed by atoms with E-state index in [1.54, 1.807) is 14.1 Å². The van der Waals surface area contributed by atoms with Gasteiger partial charge in [0.1, 0.15) is 0 Å². The normalized spacial score (nSPS) is 11.9. The minimum absolute atomic E-state index is 0.122. The third kappa shape index (κ3) is 5.72. The Morgan fingerprint density at radius 2 is 1.67 bits per heavy atom. The van der Waals surface area contributed by atoms with Gasteiger partial charge in [0.2, 0.25) is 0 Å². The van der Waals surface area contributed by atoms with Gasteiger partial charge in [0.05, 0.1) is 17.0 Å². The number of alkyl halides is 3. The Hall–Kier alpha value is -2.55. The third-order valence-electron chi connectivity index (χ3n) is 3.72. The number of nitrogens with one attached hydrogen (secondary N) is 1. The van der Waals surface area contributed by atoms with Crippen molar-refractivity contribution in [3.8, 4) is 0 Å². The van der Waals surface area contributed by atoms with Crippen molar-refractivity contribution in [2.24, 2.45) is 0 Å². The molecule has 146 valence electrons. The standard InChI is InChI=1S/C18H19F3N2O3S/c1-23(2)14-8-9-16(15(10-14)18(19,20)21)22-17(24)13-6-4-12(5-7-13)11-27(3,25)26/h4-10H,11H2,1-3H3,(H,22,24). The predicted octanol–water partition coefficient (Wildman–Crippen LogP) is 3.57. The summed E-state index contributed by atoms with van der Waals surface area (Å²) in [6.07, 6.45) is -3.54. The number of sulfone groups is 1. The zero-order chi connectivity index (χ0) is 20.4. The van der Waals surface area contributed by atoms with Crippen LogP contribution < -0.4 is 10.2 Å². The van der Waals surface area contributed by atoms with Crippen molar-refractivity contribution < 1.29 is 26.4 Å². The van der Waals surface area contributed by atoms with Crippen LogP contribution >= 0.6 is 0 Å². The number of nitrogens with zero attached hydrogens (tertiary/aromatic N) is 1. The zero-order valence-corrected chi connectivity index (χ0v) is 15.8. The molecule has 0 atom stereocenters. The highest BCUT2D eigenvalue weighted by Crippen LogP contribution is 2.37. The van der Waals surface area contributed by atoms with Crippen LogP contribution in [0.25, 0.3) is 0 Å². The summed E-state index contributed by atoms with van der Waals surface area (Å²) in [7, 11) is 0.0122. The summed E-state index contributed by atoms with van der Waals surface area (Å²) >= 11 is 0. The molecule has 5 nitrogen and oxygen atoms in total. The summed E-state index contributed by atoms with van der Waals surface area (Å²) in [6.45, 7) is 0. The fourth-order valence-electron chi connectivity index (χ4n) is 2.40. The maximum absolute atomic E-state index is 13.3. The van der Waals surface area contributed by atoms with Gasteiger partial charge in [-0.05, 0) is 35.9 Å². The number of benzene rings is 2. The maximum Gasteiger partial charge on any atom is 0.418 e. The third-order valence-corrected chi connectivity index (χ3v) is 4.58. The van der Waals surface area contributed by atoms with Gasteiger partial charge < -0.3 is 10.2 Å². The predicted molar refractivity (Wildman–Crippen MR) is 98.7 cm³/mol. The Kier molecular flexibility index (Phi) is 5.84. The number of carbonyl (C=O) groups excluding carboxylic acids is 1. The number of rotatable bonds is 5. The van der Waals surface area contributed by atoms with E-state index in [1.165, 1.54) is 41.3 Å². The van der Waals surface area contributed by atoms with Crippen molar-refractivity contribution in [1.29, 1.82) is 0 Å². The zero-order valence-electron chi connectivity index (χ0n) is 15.0. The molecule has 1 amide bonds. The molecule has 2 aromatic rings. The molecule has 0 bridgehead atoms. The summed E-state index contributed by atoms with van der Waals surface area (Å²) in [4.78, 5) is 13.8. The highest BCUT2D eigenvalue weighted by atomic mass is 32.2. The first kappa shape index (κ1) is 20.8. The summed E-state index contributed by atoms with van der Waals surface area (Å²) in [5.41, 5.74) is -0.336. The van der Waals surface area contributed by atoms with Crippen molar-refractivity contribution >= 4 is 27.1 Å². The van der Waals surface area contributed by atoms with Crippen LogP contribution in [0.1, 0.15) is 21.5 Å². The molecule has 1 N–H and O–H groups in total. The van der Waals surface area contributed by atoms with E-state index in [0.29, 0.717) is 11.3 Å². The van der Waals surface area contributed by atoms with Gasteiger partial charge in [0, 0.05) is 31.6 Å². The van der Waals surface area contributed by atoms with Crippen molar-refractivity contribution in [2.45, 2.75) is 11.9 Å². The van der Waals surface area contributed by atoms with Crippen LogP contribution in [0, 0.1) is 0 Å². The summed E-state index contributed by atoms with van der Waals surface area (Å²) < 4.78 is 62.5. The van der Waals surface area contributed by atoms with Gasteiger partial charge in [-0.25, -0.2) is 8.42 Å². The quantitative estimate of drug-likeness (QED) is 0.833. The number of carbonyl (C=O) groups is 1. The average molecular weight is 400 g/mol. The lowest BCUT2D eigenvalue weighted by atomic mass is 10.1. The van der Waals surface area contributed by atoms with Crippen LogP contribution in [0.3, 0.4) is 0 Å². The molecule has 0 unspecified atom stereocenters. The molecule has 2 rings (SSSR count). The van der Waals surface area contributed by atoms with Crippen LogP contribution in [0.2, 0.25) is 0 Å². The summed E-state index contributed by atoms with van der Waals surface area (Å²) in [5, 5.41) is 2.27. The molecule has 0 heterocycles. The molecule has 0 aliphatic heterocycles.